The zero-order chi connectivity index (χ0) is 12.5. The van der Waals surface area contributed by atoms with Crippen molar-refractivity contribution in [2.24, 2.45) is 5.73 Å². The summed E-state index contributed by atoms with van der Waals surface area (Å²) >= 11 is 0. The van der Waals surface area contributed by atoms with E-state index in [1.807, 2.05) is 42.5 Å². The minimum Gasteiger partial charge on any atom is -0.480 e. The Labute approximate surface area is 101 Å². The Balaban J connectivity index is 0.000000202. The first-order valence-corrected chi connectivity index (χ1v) is 5.25. The Hall–Kier alpha value is -2.13. The number of hydrogen-bond donors (Lipinski definition) is 2. The highest BCUT2D eigenvalue weighted by Crippen LogP contribution is 2.08. The smallest absolute Gasteiger partial charge is 0.325 e. The lowest BCUT2D eigenvalue weighted by Crippen LogP contribution is -2.20. The minimum atomic E-state index is -1.00. The molecule has 0 amide bonds. The van der Waals surface area contributed by atoms with Crippen LogP contribution in [0.3, 0.4) is 0 Å². The van der Waals surface area contributed by atoms with Gasteiger partial charge in [0.15, 0.2) is 0 Å². The van der Waals surface area contributed by atoms with E-state index in [0.29, 0.717) is 5.56 Å². The summed E-state index contributed by atoms with van der Waals surface area (Å²) in [5.74, 6) is -1.00. The fourth-order valence-corrected chi connectivity index (χ4v) is 1.19. The predicted molar refractivity (Wildman–Crippen MR) is 67.4 cm³/mol. The molecule has 0 radical (unpaired) electrons. The number of aliphatic carboxylic acids is 1. The third kappa shape index (κ3) is 4.95. The molecule has 0 saturated heterocycles. The maximum atomic E-state index is 10.4. The van der Waals surface area contributed by atoms with Crippen LogP contribution in [0.4, 0.5) is 0 Å². The quantitative estimate of drug-likeness (QED) is 0.831. The van der Waals surface area contributed by atoms with Crippen LogP contribution in [-0.4, -0.2) is 11.1 Å². The molecule has 1 unspecified atom stereocenters. The van der Waals surface area contributed by atoms with E-state index in [1.54, 1.807) is 24.3 Å². The number of rotatable bonds is 2. The first-order chi connectivity index (χ1) is 8.22. The lowest BCUT2D eigenvalue weighted by atomic mass is 10.1. The molecule has 17 heavy (non-hydrogen) atoms. The first-order valence-electron chi connectivity index (χ1n) is 5.25. The fraction of sp³-hybridized carbons (Fsp3) is 0.0714. The van der Waals surface area contributed by atoms with Crippen LogP contribution in [0.2, 0.25) is 0 Å². The van der Waals surface area contributed by atoms with Gasteiger partial charge >= 0.3 is 5.97 Å². The molecule has 0 aliphatic rings. The third-order valence-electron chi connectivity index (χ3n) is 2.09. The maximum absolute atomic E-state index is 10.4. The number of carboxylic acids is 1. The van der Waals surface area contributed by atoms with Crippen molar-refractivity contribution in [1.82, 2.24) is 0 Å². The van der Waals surface area contributed by atoms with Gasteiger partial charge in [-0.25, -0.2) is 0 Å². The summed E-state index contributed by atoms with van der Waals surface area (Å²) in [6.45, 7) is 0. The number of benzene rings is 2. The van der Waals surface area contributed by atoms with E-state index in [9.17, 15) is 4.79 Å². The van der Waals surface area contributed by atoms with Crippen molar-refractivity contribution in [3.05, 3.63) is 72.3 Å². The molecule has 88 valence electrons. The Morgan fingerprint density at radius 1 is 0.882 bits per heavy atom. The normalized spacial score (nSPS) is 10.9. The minimum absolute atomic E-state index is 0.625. The SMILES string of the molecule is NC(C(=O)O)c1ccccc1.c1ccccc1. The van der Waals surface area contributed by atoms with Gasteiger partial charge in [-0.05, 0) is 5.56 Å². The Kier molecular flexibility index (Phi) is 5.47. The summed E-state index contributed by atoms with van der Waals surface area (Å²) in [6.07, 6.45) is 0. The van der Waals surface area contributed by atoms with Gasteiger partial charge in [-0.2, -0.15) is 0 Å². The summed E-state index contributed by atoms with van der Waals surface area (Å²) in [6, 6.07) is 19.8. The van der Waals surface area contributed by atoms with Crippen molar-refractivity contribution < 1.29 is 9.90 Å². The van der Waals surface area contributed by atoms with Crippen molar-refractivity contribution in [3.63, 3.8) is 0 Å². The van der Waals surface area contributed by atoms with Crippen LogP contribution in [0.5, 0.6) is 0 Å². The second-order valence-corrected chi connectivity index (χ2v) is 3.38. The third-order valence-corrected chi connectivity index (χ3v) is 2.09. The lowest BCUT2D eigenvalue weighted by Gasteiger charge is -2.04. The lowest BCUT2D eigenvalue weighted by molar-refractivity contribution is -0.138. The maximum Gasteiger partial charge on any atom is 0.325 e. The zero-order valence-corrected chi connectivity index (χ0v) is 9.36. The first kappa shape index (κ1) is 12.9. The molecule has 0 heterocycles. The van der Waals surface area contributed by atoms with Crippen molar-refractivity contribution in [2.75, 3.05) is 0 Å². The zero-order valence-electron chi connectivity index (χ0n) is 9.36. The number of carboxylic acid groups (broad SMARTS) is 1. The second-order valence-electron chi connectivity index (χ2n) is 3.38. The van der Waals surface area contributed by atoms with Crippen molar-refractivity contribution in [1.29, 1.82) is 0 Å². The monoisotopic (exact) mass is 229 g/mol. The molecule has 0 spiro atoms. The van der Waals surface area contributed by atoms with E-state index in [1.165, 1.54) is 0 Å². The molecule has 0 bridgehead atoms. The molecule has 0 aliphatic heterocycles. The molecular weight excluding hydrogens is 214 g/mol. The Morgan fingerprint density at radius 2 is 1.24 bits per heavy atom. The van der Waals surface area contributed by atoms with Crippen LogP contribution in [-0.2, 0) is 4.79 Å². The van der Waals surface area contributed by atoms with E-state index in [2.05, 4.69) is 0 Å². The van der Waals surface area contributed by atoms with E-state index < -0.39 is 12.0 Å². The molecule has 0 aromatic heterocycles. The van der Waals surface area contributed by atoms with Gasteiger partial charge < -0.3 is 10.8 Å². The molecule has 2 aromatic carbocycles. The molecule has 3 heteroatoms. The van der Waals surface area contributed by atoms with Gasteiger partial charge in [0, 0.05) is 0 Å². The average molecular weight is 229 g/mol. The molecule has 3 nitrogen and oxygen atoms in total. The molecular formula is C14H15NO2. The van der Waals surface area contributed by atoms with Gasteiger partial charge in [0.05, 0.1) is 0 Å². The summed E-state index contributed by atoms with van der Waals surface area (Å²) in [4.78, 5) is 10.4. The van der Waals surface area contributed by atoms with E-state index in [4.69, 9.17) is 10.8 Å². The van der Waals surface area contributed by atoms with Crippen LogP contribution < -0.4 is 5.73 Å². The van der Waals surface area contributed by atoms with Crippen molar-refractivity contribution in [2.45, 2.75) is 6.04 Å². The van der Waals surface area contributed by atoms with E-state index in [0.717, 1.165) is 0 Å². The topological polar surface area (TPSA) is 63.3 Å². The Bertz CT molecular complexity index is 402. The molecule has 3 N–H and O–H groups in total. The van der Waals surface area contributed by atoms with Gasteiger partial charge in [0.2, 0.25) is 0 Å². The van der Waals surface area contributed by atoms with Crippen LogP contribution in [0, 0.1) is 0 Å². The van der Waals surface area contributed by atoms with Crippen LogP contribution >= 0.6 is 0 Å². The fourth-order valence-electron chi connectivity index (χ4n) is 1.19. The number of carbonyl (C=O) groups is 1. The Morgan fingerprint density at radius 3 is 1.59 bits per heavy atom. The van der Waals surface area contributed by atoms with Crippen molar-refractivity contribution in [3.8, 4) is 0 Å². The second kappa shape index (κ2) is 7.19. The van der Waals surface area contributed by atoms with Gasteiger partial charge in [0.1, 0.15) is 6.04 Å². The van der Waals surface area contributed by atoms with Crippen molar-refractivity contribution >= 4 is 5.97 Å². The number of nitrogens with two attached hydrogens (primary N) is 1. The summed E-state index contributed by atoms with van der Waals surface area (Å²) in [5, 5.41) is 8.51. The van der Waals surface area contributed by atoms with Crippen LogP contribution in [0.1, 0.15) is 11.6 Å². The largest absolute Gasteiger partial charge is 0.480 e. The molecule has 0 saturated carbocycles. The highest BCUT2D eigenvalue weighted by atomic mass is 16.4. The van der Waals surface area contributed by atoms with Gasteiger partial charge in [0.25, 0.3) is 0 Å². The average Bonchev–Trinajstić information content (AvgIpc) is 2.41. The highest BCUT2D eigenvalue weighted by Gasteiger charge is 2.12. The van der Waals surface area contributed by atoms with Crippen LogP contribution in [0.25, 0.3) is 0 Å². The standard InChI is InChI=1S/C8H9NO2.C6H6/c9-7(8(10)11)6-4-2-1-3-5-6;1-2-4-6-5-3-1/h1-5,7H,9H2,(H,10,11);1-6H. The van der Waals surface area contributed by atoms with Gasteiger partial charge in [-0.15, -0.1) is 0 Å². The van der Waals surface area contributed by atoms with E-state index >= 15 is 0 Å². The molecule has 2 rings (SSSR count). The van der Waals surface area contributed by atoms with Gasteiger partial charge in [-0.1, -0.05) is 66.7 Å². The molecule has 1 atom stereocenters. The number of hydrogen-bond acceptors (Lipinski definition) is 2. The molecule has 2 aromatic rings. The summed E-state index contributed by atoms with van der Waals surface area (Å²) in [5.41, 5.74) is 5.96. The van der Waals surface area contributed by atoms with Gasteiger partial charge in [-0.3, -0.25) is 4.79 Å². The molecule has 0 aliphatic carbocycles. The predicted octanol–water partition coefficient (Wildman–Crippen LogP) is 2.46. The summed E-state index contributed by atoms with van der Waals surface area (Å²) in [7, 11) is 0. The summed E-state index contributed by atoms with van der Waals surface area (Å²) < 4.78 is 0. The van der Waals surface area contributed by atoms with Crippen LogP contribution in [0.15, 0.2) is 66.7 Å². The van der Waals surface area contributed by atoms with E-state index in [-0.39, 0.29) is 0 Å². The highest BCUT2D eigenvalue weighted by molar-refractivity contribution is 5.75. The molecule has 0 fully saturated rings.